The van der Waals surface area contributed by atoms with Crippen molar-refractivity contribution in [2.45, 2.75) is 71.0 Å². The van der Waals surface area contributed by atoms with E-state index in [0.29, 0.717) is 6.04 Å². The molecule has 2 heterocycles. The molecule has 3 heteroatoms. The molecule has 2 aliphatic heterocycles. The average molecular weight is 267 g/mol. The van der Waals surface area contributed by atoms with Gasteiger partial charge in [0.25, 0.3) is 0 Å². The van der Waals surface area contributed by atoms with E-state index in [2.05, 4.69) is 35.9 Å². The molecule has 1 unspecified atom stereocenters. The van der Waals surface area contributed by atoms with Gasteiger partial charge in [-0.05, 0) is 78.7 Å². The van der Waals surface area contributed by atoms with Crippen molar-refractivity contribution in [1.29, 1.82) is 0 Å². The molecule has 0 saturated carbocycles. The zero-order valence-corrected chi connectivity index (χ0v) is 13.2. The Morgan fingerprint density at radius 2 is 1.58 bits per heavy atom. The maximum atomic E-state index is 3.95. The van der Waals surface area contributed by atoms with Crippen molar-refractivity contribution in [2.24, 2.45) is 0 Å². The van der Waals surface area contributed by atoms with Crippen LogP contribution >= 0.6 is 0 Å². The maximum absolute atomic E-state index is 3.95. The smallest absolute Gasteiger partial charge is 0.00940 e. The highest BCUT2D eigenvalue weighted by Gasteiger charge is 2.23. The van der Waals surface area contributed by atoms with Gasteiger partial charge in [0.05, 0.1) is 0 Å². The lowest BCUT2D eigenvalue weighted by atomic mass is 10.0. The summed E-state index contributed by atoms with van der Waals surface area (Å²) < 4.78 is 0. The van der Waals surface area contributed by atoms with E-state index in [1.165, 1.54) is 64.8 Å². The van der Waals surface area contributed by atoms with Crippen molar-refractivity contribution < 1.29 is 0 Å². The summed E-state index contributed by atoms with van der Waals surface area (Å²) in [6, 6.07) is 2.26. The fourth-order valence-corrected chi connectivity index (χ4v) is 3.55. The Balaban J connectivity index is 1.71. The molecule has 0 aromatic heterocycles. The summed E-state index contributed by atoms with van der Waals surface area (Å²) in [7, 11) is 0. The van der Waals surface area contributed by atoms with Gasteiger partial charge in [-0.15, -0.1) is 0 Å². The molecule has 1 atom stereocenters. The minimum absolute atomic E-state index is 0.714. The highest BCUT2D eigenvalue weighted by Crippen LogP contribution is 2.17. The number of hydrogen-bond acceptors (Lipinski definition) is 3. The zero-order valence-electron chi connectivity index (χ0n) is 13.2. The van der Waals surface area contributed by atoms with Crippen molar-refractivity contribution in [3.8, 4) is 0 Å². The van der Waals surface area contributed by atoms with Gasteiger partial charge in [0, 0.05) is 18.1 Å². The standard InChI is InChI=1S/C16H33N3/c1-4-18-11-7-16(8-12-18)17-15-6-5-10-19(13-9-15)14(2)3/h14-17H,4-13H2,1-3H3. The molecule has 0 aromatic rings. The van der Waals surface area contributed by atoms with Crippen molar-refractivity contribution in [2.75, 3.05) is 32.7 Å². The van der Waals surface area contributed by atoms with Gasteiger partial charge < -0.3 is 15.1 Å². The molecule has 0 radical (unpaired) electrons. The van der Waals surface area contributed by atoms with E-state index in [0.717, 1.165) is 12.1 Å². The molecular formula is C16H33N3. The second-order valence-electron chi connectivity index (χ2n) is 6.63. The summed E-state index contributed by atoms with van der Waals surface area (Å²) >= 11 is 0. The Morgan fingerprint density at radius 3 is 2.21 bits per heavy atom. The van der Waals surface area contributed by atoms with Gasteiger partial charge in [0.2, 0.25) is 0 Å². The molecule has 1 N–H and O–H groups in total. The van der Waals surface area contributed by atoms with Gasteiger partial charge in [-0.25, -0.2) is 0 Å². The van der Waals surface area contributed by atoms with Crippen molar-refractivity contribution in [1.82, 2.24) is 15.1 Å². The molecule has 3 nitrogen and oxygen atoms in total. The number of hydrogen-bond donors (Lipinski definition) is 1. The second-order valence-corrected chi connectivity index (χ2v) is 6.63. The van der Waals surface area contributed by atoms with E-state index in [9.17, 15) is 0 Å². The van der Waals surface area contributed by atoms with E-state index in [-0.39, 0.29) is 0 Å². The molecule has 2 fully saturated rings. The van der Waals surface area contributed by atoms with Crippen molar-refractivity contribution in [3.05, 3.63) is 0 Å². The Morgan fingerprint density at radius 1 is 0.947 bits per heavy atom. The quantitative estimate of drug-likeness (QED) is 0.843. The fourth-order valence-electron chi connectivity index (χ4n) is 3.55. The molecule has 0 bridgehead atoms. The van der Waals surface area contributed by atoms with Gasteiger partial charge in [0.1, 0.15) is 0 Å². The first-order chi connectivity index (χ1) is 9.19. The molecule has 2 aliphatic rings. The minimum atomic E-state index is 0.714. The van der Waals surface area contributed by atoms with Crippen LogP contribution in [0.25, 0.3) is 0 Å². The van der Waals surface area contributed by atoms with Crippen LogP contribution in [0.3, 0.4) is 0 Å². The molecule has 0 spiro atoms. The molecule has 19 heavy (non-hydrogen) atoms. The summed E-state index contributed by atoms with van der Waals surface area (Å²) in [5.74, 6) is 0. The molecule has 2 rings (SSSR count). The number of nitrogens with one attached hydrogen (secondary N) is 1. The van der Waals surface area contributed by atoms with Gasteiger partial charge in [-0.2, -0.15) is 0 Å². The van der Waals surface area contributed by atoms with Crippen LogP contribution in [0.15, 0.2) is 0 Å². The highest BCUT2D eigenvalue weighted by atomic mass is 15.2. The SMILES string of the molecule is CCN1CCC(NC2CCCN(C(C)C)CC2)CC1. The normalized spacial score (nSPS) is 28.7. The highest BCUT2D eigenvalue weighted by molar-refractivity contribution is 4.83. The lowest BCUT2D eigenvalue weighted by molar-refractivity contribution is 0.193. The van der Waals surface area contributed by atoms with E-state index in [1.807, 2.05) is 0 Å². The maximum Gasteiger partial charge on any atom is 0.00940 e. The largest absolute Gasteiger partial charge is 0.311 e. The van der Waals surface area contributed by atoms with E-state index in [4.69, 9.17) is 0 Å². The average Bonchev–Trinajstić information content (AvgIpc) is 2.65. The molecule has 2 saturated heterocycles. The number of likely N-dealkylation sites (tertiary alicyclic amines) is 2. The van der Waals surface area contributed by atoms with Crippen LogP contribution in [0, 0.1) is 0 Å². The first-order valence-corrected chi connectivity index (χ1v) is 8.41. The third-order valence-electron chi connectivity index (χ3n) is 5.00. The Bertz CT molecular complexity index is 246. The van der Waals surface area contributed by atoms with Crippen LogP contribution in [0.1, 0.15) is 52.9 Å². The lowest BCUT2D eigenvalue weighted by Crippen LogP contribution is -2.46. The second kappa shape index (κ2) is 7.61. The van der Waals surface area contributed by atoms with E-state index < -0.39 is 0 Å². The summed E-state index contributed by atoms with van der Waals surface area (Å²) in [5.41, 5.74) is 0. The van der Waals surface area contributed by atoms with Crippen LogP contribution in [0.2, 0.25) is 0 Å². The van der Waals surface area contributed by atoms with Crippen LogP contribution in [0.4, 0.5) is 0 Å². The fraction of sp³-hybridized carbons (Fsp3) is 1.00. The summed E-state index contributed by atoms with van der Waals surface area (Å²) in [4.78, 5) is 5.22. The number of piperidine rings is 1. The van der Waals surface area contributed by atoms with Gasteiger partial charge in [0.15, 0.2) is 0 Å². The van der Waals surface area contributed by atoms with E-state index >= 15 is 0 Å². The summed E-state index contributed by atoms with van der Waals surface area (Å²) in [5, 5.41) is 3.95. The topological polar surface area (TPSA) is 18.5 Å². The molecular weight excluding hydrogens is 234 g/mol. The monoisotopic (exact) mass is 267 g/mol. The Kier molecular flexibility index (Phi) is 6.11. The zero-order chi connectivity index (χ0) is 13.7. The Hall–Kier alpha value is -0.120. The van der Waals surface area contributed by atoms with Crippen molar-refractivity contribution in [3.63, 3.8) is 0 Å². The van der Waals surface area contributed by atoms with Crippen LogP contribution in [-0.2, 0) is 0 Å². The van der Waals surface area contributed by atoms with Gasteiger partial charge >= 0.3 is 0 Å². The number of rotatable bonds is 4. The minimum Gasteiger partial charge on any atom is -0.311 e. The van der Waals surface area contributed by atoms with Gasteiger partial charge in [-0.3, -0.25) is 0 Å². The summed E-state index contributed by atoms with van der Waals surface area (Å²) in [6.45, 7) is 13.3. The molecule has 0 aliphatic carbocycles. The third kappa shape index (κ3) is 4.73. The van der Waals surface area contributed by atoms with Crippen LogP contribution in [-0.4, -0.2) is 60.6 Å². The molecule has 0 aromatic carbocycles. The third-order valence-corrected chi connectivity index (χ3v) is 5.00. The lowest BCUT2D eigenvalue weighted by Gasteiger charge is -2.34. The summed E-state index contributed by atoms with van der Waals surface area (Å²) in [6.07, 6.45) is 6.77. The predicted octanol–water partition coefficient (Wildman–Crippen LogP) is 2.32. The van der Waals surface area contributed by atoms with Crippen molar-refractivity contribution >= 4 is 0 Å². The first kappa shape index (κ1) is 15.3. The Labute approximate surface area is 119 Å². The first-order valence-electron chi connectivity index (χ1n) is 8.41. The van der Waals surface area contributed by atoms with Crippen LogP contribution < -0.4 is 5.32 Å². The molecule has 112 valence electrons. The van der Waals surface area contributed by atoms with Crippen LogP contribution in [0.5, 0.6) is 0 Å². The number of nitrogens with zero attached hydrogens (tertiary/aromatic N) is 2. The van der Waals surface area contributed by atoms with Gasteiger partial charge in [-0.1, -0.05) is 6.92 Å². The predicted molar refractivity (Wildman–Crippen MR) is 82.6 cm³/mol. The van der Waals surface area contributed by atoms with E-state index in [1.54, 1.807) is 0 Å². The molecule has 0 amide bonds.